The highest BCUT2D eigenvalue weighted by molar-refractivity contribution is 6.31. The van der Waals surface area contributed by atoms with Gasteiger partial charge in [-0.2, -0.15) is 5.10 Å². The van der Waals surface area contributed by atoms with Crippen molar-refractivity contribution in [1.82, 2.24) is 29.6 Å². The van der Waals surface area contributed by atoms with E-state index < -0.39 is 11.9 Å². The molecule has 0 bridgehead atoms. The molecule has 1 fully saturated rings. The minimum Gasteiger partial charge on any atom is -0.487 e. The number of ether oxygens (including phenoxy) is 2. The highest BCUT2D eigenvalue weighted by atomic mass is 35.5. The molecule has 1 saturated heterocycles. The summed E-state index contributed by atoms with van der Waals surface area (Å²) in [6.45, 7) is 2.68. The molecular formula is C28H24ClFN6O4. The third kappa shape index (κ3) is 4.78. The molecule has 3 aromatic heterocycles. The van der Waals surface area contributed by atoms with Gasteiger partial charge in [0, 0.05) is 35.8 Å². The van der Waals surface area contributed by atoms with Gasteiger partial charge in [0.1, 0.15) is 30.0 Å². The van der Waals surface area contributed by atoms with Crippen molar-refractivity contribution in [2.24, 2.45) is 7.05 Å². The van der Waals surface area contributed by atoms with Gasteiger partial charge in [-0.05, 0) is 36.8 Å². The van der Waals surface area contributed by atoms with Gasteiger partial charge in [-0.1, -0.05) is 23.7 Å². The number of hydrogen-bond donors (Lipinski definition) is 0. The van der Waals surface area contributed by atoms with E-state index in [1.54, 1.807) is 9.58 Å². The summed E-state index contributed by atoms with van der Waals surface area (Å²) in [4.78, 5) is 27.8. The number of pyridine rings is 1. The summed E-state index contributed by atoms with van der Waals surface area (Å²) in [7, 11) is 1.83. The number of para-hydroxylation sites is 1. The van der Waals surface area contributed by atoms with Gasteiger partial charge in [0.05, 0.1) is 30.5 Å². The van der Waals surface area contributed by atoms with Gasteiger partial charge >= 0.3 is 0 Å². The van der Waals surface area contributed by atoms with Crippen molar-refractivity contribution >= 4 is 28.4 Å². The van der Waals surface area contributed by atoms with Crippen LogP contribution in [0.1, 0.15) is 33.4 Å². The number of aromatic nitrogens is 5. The molecule has 1 atom stereocenters. The van der Waals surface area contributed by atoms with Crippen LogP contribution in [-0.2, 0) is 18.4 Å². The number of carbonyl (C=O) groups is 1. The fourth-order valence-electron chi connectivity index (χ4n) is 4.98. The Morgan fingerprint density at radius 1 is 1.27 bits per heavy atom. The summed E-state index contributed by atoms with van der Waals surface area (Å²) < 4.78 is 33.6. The van der Waals surface area contributed by atoms with Crippen molar-refractivity contribution in [2.75, 3.05) is 19.8 Å². The SMILES string of the molecule is Cc1cc(-c2ncnn2C)c2cccc(OCc3c(Cl)cc(F)cc3[C@@H]3COCCN3C(=O)c3cnco3)c2n1. The van der Waals surface area contributed by atoms with E-state index >= 15 is 0 Å². The Hall–Kier alpha value is -4.35. The molecule has 1 aliphatic rings. The van der Waals surface area contributed by atoms with Crippen LogP contribution in [0.4, 0.5) is 4.39 Å². The van der Waals surface area contributed by atoms with E-state index in [1.807, 2.05) is 38.2 Å². The first kappa shape index (κ1) is 25.9. The first-order chi connectivity index (χ1) is 19.4. The molecule has 204 valence electrons. The molecule has 40 heavy (non-hydrogen) atoms. The highest BCUT2D eigenvalue weighted by Gasteiger charge is 2.33. The monoisotopic (exact) mass is 562 g/mol. The molecule has 0 spiro atoms. The van der Waals surface area contributed by atoms with Crippen LogP contribution in [0.15, 0.2) is 59.7 Å². The van der Waals surface area contributed by atoms with Crippen molar-refractivity contribution in [3.05, 3.63) is 88.7 Å². The van der Waals surface area contributed by atoms with E-state index in [0.29, 0.717) is 34.8 Å². The number of aryl methyl sites for hydroxylation is 2. The van der Waals surface area contributed by atoms with Crippen LogP contribution >= 0.6 is 11.6 Å². The zero-order valence-corrected chi connectivity index (χ0v) is 22.4. The number of halogens is 2. The second-order valence-electron chi connectivity index (χ2n) is 9.37. The molecule has 10 nitrogen and oxygen atoms in total. The molecule has 2 aromatic carbocycles. The van der Waals surface area contributed by atoms with Crippen molar-refractivity contribution in [2.45, 2.75) is 19.6 Å². The largest absolute Gasteiger partial charge is 0.487 e. The number of rotatable bonds is 6. The zero-order valence-electron chi connectivity index (χ0n) is 21.7. The second kappa shape index (κ2) is 10.7. The first-order valence-corrected chi connectivity index (χ1v) is 12.9. The van der Waals surface area contributed by atoms with Crippen molar-refractivity contribution < 1.29 is 23.1 Å². The summed E-state index contributed by atoms with van der Waals surface area (Å²) in [6, 6.07) is 9.56. The van der Waals surface area contributed by atoms with E-state index in [1.165, 1.54) is 31.1 Å². The number of nitrogens with zero attached hydrogens (tertiary/aromatic N) is 6. The molecule has 1 amide bonds. The summed E-state index contributed by atoms with van der Waals surface area (Å²) in [5.41, 5.74) is 3.31. The van der Waals surface area contributed by atoms with Gasteiger partial charge < -0.3 is 18.8 Å². The molecule has 6 rings (SSSR count). The number of hydrogen-bond acceptors (Lipinski definition) is 8. The van der Waals surface area contributed by atoms with Gasteiger partial charge in [0.25, 0.3) is 5.91 Å². The summed E-state index contributed by atoms with van der Waals surface area (Å²) in [5.74, 6) is 0.402. The number of fused-ring (bicyclic) bond motifs is 1. The van der Waals surface area contributed by atoms with Gasteiger partial charge in [-0.3, -0.25) is 4.79 Å². The molecule has 5 aromatic rings. The average molecular weight is 563 g/mol. The first-order valence-electron chi connectivity index (χ1n) is 12.5. The molecule has 0 aliphatic carbocycles. The Labute approximate surface area is 233 Å². The number of carbonyl (C=O) groups excluding carboxylic acids is 1. The number of benzene rings is 2. The minimum absolute atomic E-state index is 0.00329. The molecule has 12 heteroatoms. The van der Waals surface area contributed by atoms with E-state index in [2.05, 4.69) is 15.1 Å². The second-order valence-corrected chi connectivity index (χ2v) is 9.78. The number of oxazole rings is 1. The predicted octanol–water partition coefficient (Wildman–Crippen LogP) is 4.91. The Bertz CT molecular complexity index is 1710. The number of morpholine rings is 1. The van der Waals surface area contributed by atoms with E-state index in [9.17, 15) is 9.18 Å². The Kier molecular flexibility index (Phi) is 6.91. The molecule has 1 aliphatic heterocycles. The van der Waals surface area contributed by atoms with E-state index in [-0.39, 0.29) is 36.4 Å². The Morgan fingerprint density at radius 2 is 2.15 bits per heavy atom. The normalized spacial score (nSPS) is 15.5. The van der Waals surface area contributed by atoms with Gasteiger partial charge in [0.15, 0.2) is 12.2 Å². The Morgan fingerprint density at radius 3 is 2.92 bits per heavy atom. The maximum Gasteiger partial charge on any atom is 0.291 e. The third-order valence-electron chi connectivity index (χ3n) is 6.84. The fourth-order valence-corrected chi connectivity index (χ4v) is 5.25. The number of amides is 1. The lowest BCUT2D eigenvalue weighted by Gasteiger charge is -2.36. The average Bonchev–Trinajstić information content (AvgIpc) is 3.64. The van der Waals surface area contributed by atoms with Crippen LogP contribution < -0.4 is 4.74 Å². The van der Waals surface area contributed by atoms with Crippen LogP contribution in [0.5, 0.6) is 5.75 Å². The zero-order chi connectivity index (χ0) is 27.8. The molecule has 0 unspecified atom stereocenters. The van der Waals surface area contributed by atoms with Gasteiger partial charge in [0.2, 0.25) is 5.76 Å². The lowest BCUT2D eigenvalue weighted by molar-refractivity contribution is -0.00477. The van der Waals surface area contributed by atoms with Crippen molar-refractivity contribution in [3.8, 4) is 17.1 Å². The van der Waals surface area contributed by atoms with Crippen LogP contribution in [0.2, 0.25) is 5.02 Å². The third-order valence-corrected chi connectivity index (χ3v) is 7.18. The quantitative estimate of drug-likeness (QED) is 0.287. The van der Waals surface area contributed by atoms with Crippen molar-refractivity contribution in [3.63, 3.8) is 0 Å². The lowest BCUT2D eigenvalue weighted by atomic mass is 9.98. The summed E-state index contributed by atoms with van der Waals surface area (Å²) >= 11 is 6.57. The van der Waals surface area contributed by atoms with E-state index in [4.69, 9.17) is 30.5 Å². The molecule has 4 heterocycles. The van der Waals surface area contributed by atoms with Crippen LogP contribution in [0.3, 0.4) is 0 Å². The fraction of sp³-hybridized carbons (Fsp3) is 0.250. The predicted molar refractivity (Wildman–Crippen MR) is 143 cm³/mol. The van der Waals surface area contributed by atoms with Crippen LogP contribution in [0, 0.1) is 12.7 Å². The topological polar surface area (TPSA) is 108 Å². The summed E-state index contributed by atoms with van der Waals surface area (Å²) in [5, 5.41) is 5.21. The maximum absolute atomic E-state index is 14.7. The maximum atomic E-state index is 14.7. The van der Waals surface area contributed by atoms with Gasteiger partial charge in [-0.25, -0.2) is 24.0 Å². The minimum atomic E-state index is -0.617. The highest BCUT2D eigenvalue weighted by Crippen LogP contribution is 2.36. The molecule has 0 saturated carbocycles. The molecule has 0 N–H and O–H groups in total. The Balaban J connectivity index is 1.37. The lowest BCUT2D eigenvalue weighted by Crippen LogP contribution is -2.43. The van der Waals surface area contributed by atoms with Crippen LogP contribution in [0.25, 0.3) is 22.3 Å². The van der Waals surface area contributed by atoms with E-state index in [0.717, 1.165) is 16.6 Å². The summed E-state index contributed by atoms with van der Waals surface area (Å²) in [6.07, 6.45) is 4.04. The van der Waals surface area contributed by atoms with Gasteiger partial charge in [-0.15, -0.1) is 0 Å². The smallest absolute Gasteiger partial charge is 0.291 e. The standard InChI is InChI=1S/C28H24ClFN6O4/c1-16-8-20(27-32-14-33-35(27)2)18-4-3-5-24(26(18)34-16)39-12-21-19(9-17(30)10-22(21)29)23-13-38-7-6-36(23)28(37)25-11-31-15-40-25/h3-5,8-11,14-15,23H,6-7,12-13H2,1-2H3/t23-/m0/s1. The van der Waals surface area contributed by atoms with Crippen LogP contribution in [-0.4, -0.2) is 55.3 Å². The molecule has 0 radical (unpaired) electrons. The van der Waals surface area contributed by atoms with Crippen molar-refractivity contribution in [1.29, 1.82) is 0 Å². The molecular weight excluding hydrogens is 539 g/mol.